The maximum atomic E-state index is 12.0. The van der Waals surface area contributed by atoms with Gasteiger partial charge in [-0.2, -0.15) is 5.10 Å². The van der Waals surface area contributed by atoms with Gasteiger partial charge in [0, 0.05) is 25.3 Å². The molecule has 2 rings (SSSR count). The van der Waals surface area contributed by atoms with Crippen LogP contribution in [-0.2, 0) is 16.1 Å². The minimum atomic E-state index is 0. The van der Waals surface area contributed by atoms with Gasteiger partial charge in [-0.15, -0.1) is 12.4 Å². The summed E-state index contributed by atoms with van der Waals surface area (Å²) in [6.07, 6.45) is 1.84. The molecule has 0 spiro atoms. The quantitative estimate of drug-likeness (QED) is 0.810. The molecule has 108 valence electrons. The number of hydrogen-bond donors (Lipinski definition) is 2. The van der Waals surface area contributed by atoms with Gasteiger partial charge < -0.3 is 15.4 Å². The smallest absolute Gasteiger partial charge is 0.228 e. The second-order valence-corrected chi connectivity index (χ2v) is 4.65. The van der Waals surface area contributed by atoms with Crippen LogP contribution in [0.5, 0.6) is 0 Å². The van der Waals surface area contributed by atoms with E-state index < -0.39 is 0 Å². The number of carbonyl (C=O) groups is 1. The molecule has 2 N–H and O–H groups in total. The van der Waals surface area contributed by atoms with Gasteiger partial charge >= 0.3 is 0 Å². The van der Waals surface area contributed by atoms with E-state index in [1.165, 1.54) is 0 Å². The van der Waals surface area contributed by atoms with Gasteiger partial charge in [-0.25, -0.2) is 0 Å². The fourth-order valence-corrected chi connectivity index (χ4v) is 1.86. The molecular formula is C12H21ClN4O2. The van der Waals surface area contributed by atoms with Crippen molar-refractivity contribution in [2.75, 3.05) is 32.1 Å². The second-order valence-electron chi connectivity index (χ2n) is 4.65. The van der Waals surface area contributed by atoms with Crippen molar-refractivity contribution in [3.8, 4) is 0 Å². The first-order valence-electron chi connectivity index (χ1n) is 6.24. The largest absolute Gasteiger partial charge is 0.383 e. The van der Waals surface area contributed by atoms with E-state index in [1.54, 1.807) is 17.9 Å². The van der Waals surface area contributed by atoms with Gasteiger partial charge in [0.05, 0.1) is 13.2 Å². The summed E-state index contributed by atoms with van der Waals surface area (Å²) < 4.78 is 6.73. The molecule has 1 aromatic rings. The average Bonchev–Trinajstić information content (AvgIpc) is 2.71. The van der Waals surface area contributed by atoms with Gasteiger partial charge in [-0.1, -0.05) is 6.92 Å². The number of methoxy groups -OCH3 is 1. The summed E-state index contributed by atoms with van der Waals surface area (Å²) in [5.74, 6) is 1.12. The SMILES string of the molecule is COCCn1ccc(NC(=O)C(C)C2CNC2)n1.Cl. The third-order valence-electron chi connectivity index (χ3n) is 3.35. The number of halogens is 1. The van der Waals surface area contributed by atoms with E-state index in [2.05, 4.69) is 15.7 Å². The van der Waals surface area contributed by atoms with E-state index in [0.29, 0.717) is 24.9 Å². The Hall–Kier alpha value is -1.11. The zero-order chi connectivity index (χ0) is 13.0. The lowest BCUT2D eigenvalue weighted by molar-refractivity contribution is -0.121. The van der Waals surface area contributed by atoms with Gasteiger partial charge in [0.2, 0.25) is 5.91 Å². The Kier molecular flexibility index (Phi) is 6.27. The molecule has 1 aromatic heterocycles. The van der Waals surface area contributed by atoms with Crippen molar-refractivity contribution in [1.82, 2.24) is 15.1 Å². The van der Waals surface area contributed by atoms with Crippen molar-refractivity contribution in [3.63, 3.8) is 0 Å². The third-order valence-corrected chi connectivity index (χ3v) is 3.35. The number of aromatic nitrogens is 2. The van der Waals surface area contributed by atoms with Gasteiger partial charge in [0.1, 0.15) is 0 Å². The maximum Gasteiger partial charge on any atom is 0.228 e. The van der Waals surface area contributed by atoms with Crippen LogP contribution in [0, 0.1) is 11.8 Å². The van der Waals surface area contributed by atoms with E-state index in [0.717, 1.165) is 13.1 Å². The fraction of sp³-hybridized carbons (Fsp3) is 0.667. The summed E-state index contributed by atoms with van der Waals surface area (Å²) in [6.45, 7) is 5.12. The lowest BCUT2D eigenvalue weighted by atomic mass is 9.88. The minimum absolute atomic E-state index is 0. The Morgan fingerprint density at radius 2 is 2.42 bits per heavy atom. The van der Waals surface area contributed by atoms with Crippen LogP contribution in [0.2, 0.25) is 0 Å². The summed E-state index contributed by atoms with van der Waals surface area (Å²) in [5, 5.41) is 10.3. The monoisotopic (exact) mass is 288 g/mol. The van der Waals surface area contributed by atoms with Crippen LogP contribution in [0.1, 0.15) is 6.92 Å². The number of amides is 1. The number of hydrogen-bond acceptors (Lipinski definition) is 4. The number of rotatable bonds is 6. The first kappa shape index (κ1) is 15.9. The summed E-state index contributed by atoms with van der Waals surface area (Å²) in [4.78, 5) is 12.0. The van der Waals surface area contributed by atoms with Crippen molar-refractivity contribution in [2.45, 2.75) is 13.5 Å². The molecule has 1 saturated heterocycles. The van der Waals surface area contributed by atoms with E-state index in [1.807, 2.05) is 13.1 Å². The Morgan fingerprint density at radius 3 is 3.00 bits per heavy atom. The Morgan fingerprint density at radius 1 is 1.68 bits per heavy atom. The van der Waals surface area contributed by atoms with Gasteiger partial charge in [-0.05, 0) is 19.0 Å². The zero-order valence-electron chi connectivity index (χ0n) is 11.3. The van der Waals surface area contributed by atoms with Gasteiger partial charge in [-0.3, -0.25) is 9.48 Å². The van der Waals surface area contributed by atoms with Crippen molar-refractivity contribution in [1.29, 1.82) is 0 Å². The predicted molar refractivity (Wildman–Crippen MR) is 75.5 cm³/mol. The molecule has 19 heavy (non-hydrogen) atoms. The van der Waals surface area contributed by atoms with E-state index >= 15 is 0 Å². The molecule has 1 fully saturated rings. The van der Waals surface area contributed by atoms with Crippen LogP contribution in [-0.4, -0.2) is 42.5 Å². The van der Waals surface area contributed by atoms with Crippen molar-refractivity contribution in [2.24, 2.45) is 11.8 Å². The lowest BCUT2D eigenvalue weighted by Gasteiger charge is -2.31. The second kappa shape index (κ2) is 7.47. The Bertz CT molecular complexity index is 406. The Labute approximate surface area is 119 Å². The van der Waals surface area contributed by atoms with Crippen LogP contribution in [0.15, 0.2) is 12.3 Å². The summed E-state index contributed by atoms with van der Waals surface area (Å²) >= 11 is 0. The number of carbonyl (C=O) groups excluding carboxylic acids is 1. The molecule has 7 heteroatoms. The van der Waals surface area contributed by atoms with Gasteiger partial charge in [0.25, 0.3) is 0 Å². The Balaban J connectivity index is 0.00000180. The molecular weight excluding hydrogens is 268 g/mol. The van der Waals surface area contributed by atoms with Crippen LogP contribution >= 0.6 is 12.4 Å². The molecule has 0 radical (unpaired) electrons. The van der Waals surface area contributed by atoms with Crippen molar-refractivity contribution >= 4 is 24.1 Å². The van der Waals surface area contributed by atoms with Gasteiger partial charge in [0.15, 0.2) is 5.82 Å². The maximum absolute atomic E-state index is 12.0. The fourth-order valence-electron chi connectivity index (χ4n) is 1.86. The minimum Gasteiger partial charge on any atom is -0.383 e. The molecule has 6 nitrogen and oxygen atoms in total. The number of ether oxygens (including phenoxy) is 1. The molecule has 0 bridgehead atoms. The molecule has 1 aliphatic rings. The third kappa shape index (κ3) is 4.19. The van der Waals surface area contributed by atoms with Crippen LogP contribution in [0.3, 0.4) is 0 Å². The molecule has 1 atom stereocenters. The van der Waals surface area contributed by atoms with E-state index in [4.69, 9.17) is 4.74 Å². The zero-order valence-corrected chi connectivity index (χ0v) is 12.1. The number of nitrogens with zero attached hydrogens (tertiary/aromatic N) is 2. The molecule has 0 saturated carbocycles. The van der Waals surface area contributed by atoms with E-state index in [-0.39, 0.29) is 24.2 Å². The topological polar surface area (TPSA) is 68.2 Å². The van der Waals surface area contributed by atoms with Crippen molar-refractivity contribution in [3.05, 3.63) is 12.3 Å². The molecule has 1 unspecified atom stereocenters. The standard InChI is InChI=1S/C12H20N4O2.ClH/c1-9(10-7-13-8-10)12(17)14-11-3-4-16(15-11)5-6-18-2;/h3-4,9-10,13H,5-8H2,1-2H3,(H,14,15,17);1H. The number of nitrogens with one attached hydrogen (secondary N) is 2. The van der Waals surface area contributed by atoms with Crippen LogP contribution < -0.4 is 10.6 Å². The number of anilines is 1. The highest BCUT2D eigenvalue weighted by Crippen LogP contribution is 2.17. The lowest BCUT2D eigenvalue weighted by Crippen LogP contribution is -2.48. The summed E-state index contributed by atoms with van der Waals surface area (Å²) in [5.41, 5.74) is 0. The van der Waals surface area contributed by atoms with Crippen LogP contribution in [0.4, 0.5) is 5.82 Å². The molecule has 1 aliphatic heterocycles. The first-order chi connectivity index (χ1) is 8.70. The molecule has 0 aromatic carbocycles. The van der Waals surface area contributed by atoms with Crippen molar-refractivity contribution < 1.29 is 9.53 Å². The summed E-state index contributed by atoms with van der Waals surface area (Å²) in [7, 11) is 1.65. The average molecular weight is 289 g/mol. The molecule has 1 amide bonds. The highest BCUT2D eigenvalue weighted by Gasteiger charge is 2.28. The molecule has 0 aliphatic carbocycles. The summed E-state index contributed by atoms with van der Waals surface area (Å²) in [6, 6.07) is 1.80. The highest BCUT2D eigenvalue weighted by atomic mass is 35.5. The predicted octanol–water partition coefficient (Wildman–Crippen LogP) is 0.745. The van der Waals surface area contributed by atoms with Crippen LogP contribution in [0.25, 0.3) is 0 Å². The molecule has 2 heterocycles. The normalized spacial score (nSPS) is 16.3. The highest BCUT2D eigenvalue weighted by molar-refractivity contribution is 5.91. The first-order valence-corrected chi connectivity index (χ1v) is 6.24. The van der Waals surface area contributed by atoms with E-state index in [9.17, 15) is 4.79 Å².